The maximum atomic E-state index is 12.8. The van der Waals surface area contributed by atoms with Gasteiger partial charge in [0, 0.05) is 32.8 Å². The van der Waals surface area contributed by atoms with Crippen molar-refractivity contribution < 1.29 is 17.9 Å². The Labute approximate surface area is 115 Å². The molecule has 0 spiro atoms. The fraction of sp³-hybridized carbons (Fsp3) is 0.667. The van der Waals surface area contributed by atoms with Gasteiger partial charge in [-0.3, -0.25) is 0 Å². The molecule has 1 saturated heterocycles. The van der Waals surface area contributed by atoms with E-state index in [9.17, 15) is 13.2 Å². The van der Waals surface area contributed by atoms with E-state index in [0.29, 0.717) is 19.6 Å². The van der Waals surface area contributed by atoms with Crippen molar-refractivity contribution in [3.05, 3.63) is 11.9 Å². The Morgan fingerprint density at radius 2 is 2.20 bits per heavy atom. The van der Waals surface area contributed by atoms with Gasteiger partial charge in [-0.05, 0) is 13.3 Å². The Morgan fingerprint density at radius 3 is 2.75 bits per heavy atom. The van der Waals surface area contributed by atoms with Gasteiger partial charge in [0.2, 0.25) is 5.82 Å². The van der Waals surface area contributed by atoms with E-state index >= 15 is 0 Å². The average molecular weight is 290 g/mol. The quantitative estimate of drug-likeness (QED) is 0.921. The number of hydrogen-bond donors (Lipinski definition) is 1. The van der Waals surface area contributed by atoms with Crippen LogP contribution in [0.15, 0.2) is 6.07 Å². The molecular formula is C12H17F3N4O. The standard InChI is InChI=1S/C12H17F3N4O/c1-3-16-9-6-10(18-11(17-9)12(13,14)15)19-5-4-8(7-19)20-2/h6,8H,3-5,7H2,1-2H3,(H,16,17,18). The summed E-state index contributed by atoms with van der Waals surface area (Å²) in [6, 6.07) is 1.54. The van der Waals surface area contributed by atoms with Crippen molar-refractivity contribution in [3.63, 3.8) is 0 Å². The molecule has 20 heavy (non-hydrogen) atoms. The number of ether oxygens (including phenoxy) is 1. The van der Waals surface area contributed by atoms with E-state index in [0.717, 1.165) is 6.42 Å². The SMILES string of the molecule is CCNc1cc(N2CCC(OC)C2)nc(C(F)(F)F)n1. The lowest BCUT2D eigenvalue weighted by Crippen LogP contribution is -2.25. The number of halogens is 3. The zero-order chi connectivity index (χ0) is 14.8. The molecule has 1 aromatic heterocycles. The van der Waals surface area contributed by atoms with Gasteiger partial charge < -0.3 is 15.0 Å². The third kappa shape index (κ3) is 3.30. The maximum Gasteiger partial charge on any atom is 0.451 e. The van der Waals surface area contributed by atoms with Crippen LogP contribution in [-0.4, -0.2) is 42.8 Å². The van der Waals surface area contributed by atoms with E-state index in [1.165, 1.54) is 6.07 Å². The molecule has 1 atom stereocenters. The number of nitrogens with one attached hydrogen (secondary N) is 1. The molecule has 5 nitrogen and oxygen atoms in total. The molecule has 1 aliphatic heterocycles. The number of methoxy groups -OCH3 is 1. The van der Waals surface area contributed by atoms with Gasteiger partial charge >= 0.3 is 6.18 Å². The van der Waals surface area contributed by atoms with Crippen LogP contribution in [0.2, 0.25) is 0 Å². The van der Waals surface area contributed by atoms with Crippen LogP contribution >= 0.6 is 0 Å². The Morgan fingerprint density at radius 1 is 1.45 bits per heavy atom. The van der Waals surface area contributed by atoms with E-state index in [-0.39, 0.29) is 17.7 Å². The molecule has 0 bridgehead atoms. The van der Waals surface area contributed by atoms with Crippen molar-refractivity contribution in [2.24, 2.45) is 0 Å². The predicted octanol–water partition coefficient (Wildman–Crippen LogP) is 2.15. The first-order valence-electron chi connectivity index (χ1n) is 6.42. The van der Waals surface area contributed by atoms with E-state index in [2.05, 4.69) is 15.3 Å². The highest BCUT2D eigenvalue weighted by Gasteiger charge is 2.36. The van der Waals surface area contributed by atoms with Crippen LogP contribution in [0.3, 0.4) is 0 Å². The molecule has 112 valence electrons. The fourth-order valence-corrected chi connectivity index (χ4v) is 2.12. The van der Waals surface area contributed by atoms with Gasteiger partial charge in [0.05, 0.1) is 6.10 Å². The first-order chi connectivity index (χ1) is 9.44. The topological polar surface area (TPSA) is 50.3 Å². The Bertz CT molecular complexity index is 467. The second-order valence-electron chi connectivity index (χ2n) is 4.56. The lowest BCUT2D eigenvalue weighted by Gasteiger charge is -2.19. The van der Waals surface area contributed by atoms with Crippen molar-refractivity contribution >= 4 is 11.6 Å². The molecule has 0 aliphatic carbocycles. The summed E-state index contributed by atoms with van der Waals surface area (Å²) < 4.78 is 43.7. The minimum Gasteiger partial charge on any atom is -0.380 e. The lowest BCUT2D eigenvalue weighted by molar-refractivity contribution is -0.144. The molecule has 1 aromatic rings. The third-order valence-electron chi connectivity index (χ3n) is 3.13. The highest BCUT2D eigenvalue weighted by molar-refractivity contribution is 5.50. The second-order valence-corrected chi connectivity index (χ2v) is 4.56. The number of hydrogen-bond acceptors (Lipinski definition) is 5. The minimum atomic E-state index is -4.55. The zero-order valence-electron chi connectivity index (χ0n) is 11.4. The van der Waals surface area contributed by atoms with Crippen LogP contribution in [-0.2, 0) is 10.9 Å². The predicted molar refractivity (Wildman–Crippen MR) is 68.8 cm³/mol. The van der Waals surface area contributed by atoms with Crippen LogP contribution in [0.25, 0.3) is 0 Å². The number of rotatable bonds is 4. The molecular weight excluding hydrogens is 273 g/mol. The molecule has 0 aromatic carbocycles. The number of nitrogens with zero attached hydrogens (tertiary/aromatic N) is 3. The molecule has 1 unspecified atom stereocenters. The Kier molecular flexibility index (Phi) is 4.32. The van der Waals surface area contributed by atoms with Crippen molar-refractivity contribution in [1.29, 1.82) is 0 Å². The van der Waals surface area contributed by atoms with Crippen molar-refractivity contribution in [2.45, 2.75) is 25.6 Å². The molecule has 8 heteroatoms. The first-order valence-corrected chi connectivity index (χ1v) is 6.42. The van der Waals surface area contributed by atoms with E-state index in [4.69, 9.17) is 4.74 Å². The molecule has 0 radical (unpaired) electrons. The van der Waals surface area contributed by atoms with Gasteiger partial charge in [-0.15, -0.1) is 0 Å². The normalized spacial score (nSPS) is 19.4. The summed E-state index contributed by atoms with van der Waals surface area (Å²) >= 11 is 0. The summed E-state index contributed by atoms with van der Waals surface area (Å²) in [5.41, 5.74) is 0. The summed E-state index contributed by atoms with van der Waals surface area (Å²) in [7, 11) is 1.60. The summed E-state index contributed by atoms with van der Waals surface area (Å²) in [5.74, 6) is -0.652. The Hall–Kier alpha value is -1.57. The molecule has 2 rings (SSSR count). The van der Waals surface area contributed by atoms with E-state index in [1.807, 2.05) is 0 Å². The van der Waals surface area contributed by atoms with Crippen molar-refractivity contribution in [1.82, 2.24) is 9.97 Å². The number of aromatic nitrogens is 2. The molecule has 2 heterocycles. The zero-order valence-corrected chi connectivity index (χ0v) is 11.4. The van der Waals surface area contributed by atoms with Gasteiger partial charge in [0.25, 0.3) is 0 Å². The maximum absolute atomic E-state index is 12.8. The number of alkyl halides is 3. The van der Waals surface area contributed by atoms with Crippen molar-refractivity contribution in [3.8, 4) is 0 Å². The highest BCUT2D eigenvalue weighted by Crippen LogP contribution is 2.30. The van der Waals surface area contributed by atoms with Crippen LogP contribution in [0.4, 0.5) is 24.8 Å². The van der Waals surface area contributed by atoms with E-state index < -0.39 is 12.0 Å². The van der Waals surface area contributed by atoms with Crippen molar-refractivity contribution in [2.75, 3.05) is 37.0 Å². The van der Waals surface area contributed by atoms with Gasteiger partial charge in [0.15, 0.2) is 0 Å². The van der Waals surface area contributed by atoms with Gasteiger partial charge in [-0.25, -0.2) is 9.97 Å². The summed E-state index contributed by atoms with van der Waals surface area (Å²) in [6.07, 6.45) is -3.75. The number of anilines is 2. The molecule has 0 amide bonds. The third-order valence-corrected chi connectivity index (χ3v) is 3.13. The highest BCUT2D eigenvalue weighted by atomic mass is 19.4. The molecule has 1 fully saturated rings. The summed E-state index contributed by atoms with van der Waals surface area (Å²) in [6.45, 7) is 3.45. The summed E-state index contributed by atoms with van der Waals surface area (Å²) in [4.78, 5) is 8.92. The lowest BCUT2D eigenvalue weighted by atomic mass is 10.3. The molecule has 1 aliphatic rings. The van der Waals surface area contributed by atoms with Crippen LogP contribution in [0.1, 0.15) is 19.2 Å². The van der Waals surface area contributed by atoms with Crippen LogP contribution in [0, 0.1) is 0 Å². The largest absolute Gasteiger partial charge is 0.451 e. The second kappa shape index (κ2) is 5.82. The van der Waals surface area contributed by atoms with Crippen LogP contribution in [0.5, 0.6) is 0 Å². The van der Waals surface area contributed by atoms with Crippen LogP contribution < -0.4 is 10.2 Å². The summed E-state index contributed by atoms with van der Waals surface area (Å²) in [5, 5.41) is 2.80. The molecule has 1 N–H and O–H groups in total. The Balaban J connectivity index is 2.30. The van der Waals surface area contributed by atoms with Gasteiger partial charge in [0.1, 0.15) is 11.6 Å². The monoisotopic (exact) mass is 290 g/mol. The minimum absolute atomic E-state index is 0.0295. The average Bonchev–Trinajstić information content (AvgIpc) is 2.86. The molecule has 0 saturated carbocycles. The van der Waals surface area contributed by atoms with Gasteiger partial charge in [-0.1, -0.05) is 0 Å². The fourth-order valence-electron chi connectivity index (χ4n) is 2.12. The smallest absolute Gasteiger partial charge is 0.380 e. The van der Waals surface area contributed by atoms with Gasteiger partial charge in [-0.2, -0.15) is 13.2 Å². The first kappa shape index (κ1) is 14.8. The van der Waals surface area contributed by atoms with E-state index in [1.54, 1.807) is 18.9 Å².